The summed E-state index contributed by atoms with van der Waals surface area (Å²) < 4.78 is 0. The number of nitrogens with zero attached hydrogens (tertiary/aromatic N) is 1. The summed E-state index contributed by atoms with van der Waals surface area (Å²) in [7, 11) is 0. The Hall–Kier alpha value is -1.57. The Bertz CT molecular complexity index is 281. The average Bonchev–Trinajstić information content (AvgIpc) is 2.17. The molecule has 0 saturated heterocycles. The highest BCUT2D eigenvalue weighted by Crippen LogP contribution is 2.04. The fourth-order valence-electron chi connectivity index (χ4n) is 0.976. The van der Waals surface area contributed by atoms with Crippen LogP contribution in [0.3, 0.4) is 0 Å². The minimum absolute atomic E-state index is 0.621. The molecular formula is C12H18N2. The van der Waals surface area contributed by atoms with E-state index in [9.17, 15) is 0 Å². The fourth-order valence-corrected chi connectivity index (χ4v) is 0.976. The average molecular weight is 190 g/mol. The highest BCUT2D eigenvalue weighted by atomic mass is 14.7. The van der Waals surface area contributed by atoms with Crippen LogP contribution in [0.1, 0.15) is 20.3 Å². The van der Waals surface area contributed by atoms with Gasteiger partial charge in [-0.3, -0.25) is 4.99 Å². The molecule has 0 aromatic rings. The Morgan fingerprint density at radius 2 is 2.07 bits per heavy atom. The normalized spacial score (nSPS) is 14.1. The first-order chi connectivity index (χ1) is 6.74. The molecule has 0 aliphatic heterocycles. The van der Waals surface area contributed by atoms with Crippen LogP contribution in [0.5, 0.6) is 0 Å². The van der Waals surface area contributed by atoms with Crippen molar-refractivity contribution in [3.63, 3.8) is 0 Å². The van der Waals surface area contributed by atoms with E-state index in [0.29, 0.717) is 5.70 Å². The molecule has 0 amide bonds. The molecule has 2 nitrogen and oxygen atoms in total. The molecule has 0 unspecified atom stereocenters. The predicted octanol–water partition coefficient (Wildman–Crippen LogP) is 2.96. The third kappa shape index (κ3) is 6.00. The number of rotatable bonds is 5. The molecule has 0 spiro atoms. The maximum Gasteiger partial charge on any atom is 0.0496 e. The quantitative estimate of drug-likeness (QED) is 0.525. The summed E-state index contributed by atoms with van der Waals surface area (Å²) >= 11 is 0. The highest BCUT2D eigenvalue weighted by molar-refractivity contribution is 5.28. The summed E-state index contributed by atoms with van der Waals surface area (Å²) in [5.41, 5.74) is 7.48. The lowest BCUT2D eigenvalue weighted by atomic mass is 10.1. The van der Waals surface area contributed by atoms with Crippen LogP contribution >= 0.6 is 0 Å². The predicted molar refractivity (Wildman–Crippen MR) is 64.1 cm³/mol. The number of nitrogens with two attached hydrogens (primary N) is 1. The van der Waals surface area contributed by atoms with Crippen molar-refractivity contribution in [2.24, 2.45) is 10.7 Å². The first-order valence-electron chi connectivity index (χ1n) is 4.60. The summed E-state index contributed by atoms with van der Waals surface area (Å²) in [5, 5.41) is 0. The SMILES string of the molecule is C=N/C=C(N)\C=C/CC(/C=C\C)=C/C. The van der Waals surface area contributed by atoms with Gasteiger partial charge in [0, 0.05) is 11.9 Å². The molecule has 0 bridgehead atoms. The number of aliphatic imine (C=N–C) groups is 1. The van der Waals surface area contributed by atoms with E-state index in [1.165, 1.54) is 11.8 Å². The van der Waals surface area contributed by atoms with Gasteiger partial charge in [0.1, 0.15) is 0 Å². The number of hydrogen-bond acceptors (Lipinski definition) is 2. The smallest absolute Gasteiger partial charge is 0.0496 e. The Kier molecular flexibility index (Phi) is 7.15. The molecule has 0 saturated carbocycles. The van der Waals surface area contributed by atoms with Gasteiger partial charge >= 0.3 is 0 Å². The zero-order valence-electron chi connectivity index (χ0n) is 8.90. The molecular weight excluding hydrogens is 172 g/mol. The molecule has 76 valence electrons. The molecule has 0 atom stereocenters. The zero-order valence-corrected chi connectivity index (χ0v) is 8.90. The van der Waals surface area contributed by atoms with Crippen LogP contribution in [-0.2, 0) is 0 Å². The third-order valence-electron chi connectivity index (χ3n) is 1.66. The Morgan fingerprint density at radius 3 is 2.57 bits per heavy atom. The van der Waals surface area contributed by atoms with Crippen molar-refractivity contribution in [3.8, 4) is 0 Å². The van der Waals surface area contributed by atoms with Gasteiger partial charge in [0.15, 0.2) is 0 Å². The van der Waals surface area contributed by atoms with E-state index < -0.39 is 0 Å². The molecule has 0 aromatic carbocycles. The lowest BCUT2D eigenvalue weighted by Gasteiger charge is -1.95. The van der Waals surface area contributed by atoms with Gasteiger partial charge in [-0.05, 0) is 38.6 Å². The van der Waals surface area contributed by atoms with Crippen molar-refractivity contribution in [1.29, 1.82) is 0 Å². The topological polar surface area (TPSA) is 38.4 Å². The van der Waals surface area contributed by atoms with Gasteiger partial charge in [0.2, 0.25) is 0 Å². The second-order valence-corrected chi connectivity index (χ2v) is 2.78. The number of hydrogen-bond donors (Lipinski definition) is 1. The maximum absolute atomic E-state index is 5.59. The Morgan fingerprint density at radius 1 is 1.36 bits per heavy atom. The minimum atomic E-state index is 0.621. The van der Waals surface area contributed by atoms with Gasteiger partial charge in [0.05, 0.1) is 0 Å². The Labute approximate surface area is 86.2 Å². The van der Waals surface area contributed by atoms with E-state index in [-0.39, 0.29) is 0 Å². The monoisotopic (exact) mass is 190 g/mol. The molecule has 0 heterocycles. The van der Waals surface area contributed by atoms with Crippen molar-refractivity contribution in [2.75, 3.05) is 0 Å². The van der Waals surface area contributed by atoms with Gasteiger partial charge < -0.3 is 5.73 Å². The summed E-state index contributed by atoms with van der Waals surface area (Å²) in [6.07, 6.45) is 12.4. The molecule has 0 aromatic heterocycles. The first-order valence-corrected chi connectivity index (χ1v) is 4.60. The van der Waals surface area contributed by atoms with Crippen LogP contribution in [-0.4, -0.2) is 6.72 Å². The molecule has 2 N–H and O–H groups in total. The van der Waals surface area contributed by atoms with Gasteiger partial charge in [-0.25, -0.2) is 0 Å². The Balaban J connectivity index is 4.16. The van der Waals surface area contributed by atoms with Crippen molar-refractivity contribution in [3.05, 3.63) is 47.9 Å². The summed E-state index contributed by atoms with van der Waals surface area (Å²) in [5.74, 6) is 0. The van der Waals surface area contributed by atoms with Crippen LogP contribution in [0, 0.1) is 0 Å². The maximum atomic E-state index is 5.59. The molecule has 2 heteroatoms. The first kappa shape index (κ1) is 12.4. The van der Waals surface area contributed by atoms with Crippen LogP contribution in [0.2, 0.25) is 0 Å². The molecule has 14 heavy (non-hydrogen) atoms. The van der Waals surface area contributed by atoms with E-state index in [0.717, 1.165) is 6.42 Å². The van der Waals surface area contributed by atoms with E-state index in [2.05, 4.69) is 23.9 Å². The van der Waals surface area contributed by atoms with Gasteiger partial charge in [0.25, 0.3) is 0 Å². The zero-order chi connectivity index (χ0) is 10.8. The van der Waals surface area contributed by atoms with E-state index in [1.54, 1.807) is 0 Å². The van der Waals surface area contributed by atoms with E-state index in [4.69, 9.17) is 5.73 Å². The third-order valence-corrected chi connectivity index (χ3v) is 1.66. The molecule has 0 rings (SSSR count). The van der Waals surface area contributed by atoms with Gasteiger partial charge in [-0.2, -0.15) is 0 Å². The second kappa shape index (κ2) is 8.05. The van der Waals surface area contributed by atoms with Crippen LogP contribution in [0.25, 0.3) is 0 Å². The number of allylic oxidation sites excluding steroid dienone is 6. The molecule has 0 aliphatic rings. The van der Waals surface area contributed by atoms with Crippen molar-refractivity contribution in [1.82, 2.24) is 0 Å². The lowest BCUT2D eigenvalue weighted by Crippen LogP contribution is -1.91. The van der Waals surface area contributed by atoms with Crippen molar-refractivity contribution in [2.45, 2.75) is 20.3 Å². The van der Waals surface area contributed by atoms with Crippen molar-refractivity contribution >= 4 is 6.72 Å². The van der Waals surface area contributed by atoms with E-state index in [1.807, 2.05) is 32.1 Å². The molecule has 0 aliphatic carbocycles. The van der Waals surface area contributed by atoms with Crippen LogP contribution < -0.4 is 5.73 Å². The summed E-state index contributed by atoms with van der Waals surface area (Å²) in [4.78, 5) is 3.57. The van der Waals surface area contributed by atoms with Crippen LogP contribution in [0.4, 0.5) is 0 Å². The van der Waals surface area contributed by atoms with E-state index >= 15 is 0 Å². The fraction of sp³-hybridized carbons (Fsp3) is 0.250. The summed E-state index contributed by atoms with van der Waals surface area (Å²) in [6.45, 7) is 7.35. The summed E-state index contributed by atoms with van der Waals surface area (Å²) in [6, 6.07) is 0. The van der Waals surface area contributed by atoms with Crippen LogP contribution in [0.15, 0.2) is 52.8 Å². The van der Waals surface area contributed by atoms with Gasteiger partial charge in [-0.1, -0.05) is 24.3 Å². The van der Waals surface area contributed by atoms with Crippen molar-refractivity contribution < 1.29 is 0 Å². The standard InChI is InChI=1S/C12H18N2/c1-4-7-11(5-2)8-6-9-12(13)10-14-3/h4-7,9-10H,3,8,13H2,1-2H3/b7-4-,9-6-,11-5+,12-10+. The highest BCUT2D eigenvalue weighted by Gasteiger charge is 1.86. The lowest BCUT2D eigenvalue weighted by molar-refractivity contribution is 1.25. The minimum Gasteiger partial charge on any atom is -0.397 e. The second-order valence-electron chi connectivity index (χ2n) is 2.78. The molecule has 0 radical (unpaired) electrons. The largest absolute Gasteiger partial charge is 0.397 e. The molecule has 0 fully saturated rings. The van der Waals surface area contributed by atoms with Gasteiger partial charge in [-0.15, -0.1) is 0 Å².